The summed E-state index contributed by atoms with van der Waals surface area (Å²) in [4.78, 5) is 17.6. The Morgan fingerprint density at radius 2 is 1.97 bits per heavy atom. The van der Waals surface area contributed by atoms with Crippen molar-refractivity contribution in [3.63, 3.8) is 0 Å². The molecule has 0 unspecified atom stereocenters. The molecule has 0 aromatic heterocycles. The predicted octanol–water partition coefficient (Wildman–Crippen LogP) is 5.90. The fraction of sp³-hybridized carbons (Fsp3) is 0.200. The lowest BCUT2D eigenvalue weighted by atomic mass is 10.1. The summed E-state index contributed by atoms with van der Waals surface area (Å²) in [6, 6.07) is 12.9. The molecular formula is C25H22INO5S. The van der Waals surface area contributed by atoms with Gasteiger partial charge < -0.3 is 19.3 Å². The number of carbonyl (C=O) groups is 1. The third-order valence-electron chi connectivity index (χ3n) is 4.29. The van der Waals surface area contributed by atoms with Gasteiger partial charge in [0.1, 0.15) is 23.0 Å². The van der Waals surface area contributed by atoms with Crippen LogP contribution in [0.4, 0.5) is 5.69 Å². The van der Waals surface area contributed by atoms with Crippen molar-refractivity contribution >= 4 is 57.1 Å². The van der Waals surface area contributed by atoms with Gasteiger partial charge in [-0.25, -0.2) is 9.79 Å². The van der Waals surface area contributed by atoms with E-state index in [-0.39, 0.29) is 24.5 Å². The number of hydrogen-bond donors (Lipinski definition) is 1. The Labute approximate surface area is 210 Å². The molecule has 0 aliphatic carbocycles. The number of aliphatic hydroxyl groups excluding tert-OH is 1. The first kappa shape index (κ1) is 24.7. The predicted molar refractivity (Wildman–Crippen MR) is 140 cm³/mol. The normalized spacial score (nSPS) is 15.6. The Morgan fingerprint density at radius 3 is 2.64 bits per heavy atom. The molecule has 0 amide bonds. The fourth-order valence-corrected chi connectivity index (χ4v) is 4.77. The molecule has 0 fully saturated rings. The Kier molecular flexibility index (Phi) is 8.86. The summed E-state index contributed by atoms with van der Waals surface area (Å²) in [5.74, 6) is 2.76. The zero-order chi connectivity index (χ0) is 23.8. The molecule has 170 valence electrons. The van der Waals surface area contributed by atoms with E-state index in [0.29, 0.717) is 33.7 Å². The van der Waals surface area contributed by atoms with Crippen molar-refractivity contribution in [3.8, 4) is 23.8 Å². The van der Waals surface area contributed by atoms with Gasteiger partial charge in [-0.15, -0.1) is 6.42 Å². The van der Waals surface area contributed by atoms with Crippen LogP contribution < -0.4 is 9.47 Å². The number of rotatable bonds is 8. The number of benzene rings is 2. The van der Waals surface area contributed by atoms with Gasteiger partial charge in [-0.05, 0) is 72.3 Å². The molecule has 0 spiro atoms. The van der Waals surface area contributed by atoms with Crippen LogP contribution in [-0.2, 0) is 9.53 Å². The molecule has 0 atom stereocenters. The van der Waals surface area contributed by atoms with Crippen LogP contribution in [0, 0.1) is 15.9 Å². The van der Waals surface area contributed by atoms with E-state index in [1.54, 1.807) is 19.1 Å². The lowest BCUT2D eigenvalue weighted by Gasteiger charge is -2.13. The Morgan fingerprint density at radius 1 is 1.21 bits per heavy atom. The largest absolute Gasteiger partial charge is 0.506 e. The number of terminal acetylenes is 1. The third kappa shape index (κ3) is 6.12. The highest BCUT2D eigenvalue weighted by Gasteiger charge is 2.33. The summed E-state index contributed by atoms with van der Waals surface area (Å²) in [7, 11) is 0. The lowest BCUT2D eigenvalue weighted by molar-refractivity contribution is -0.138. The first-order valence-electron chi connectivity index (χ1n) is 10.1. The quantitative estimate of drug-likeness (QED) is 0.240. The topological polar surface area (TPSA) is 77.4 Å². The number of aliphatic hydroxyl groups is 1. The molecule has 0 saturated carbocycles. The molecule has 3 rings (SSSR count). The van der Waals surface area contributed by atoms with E-state index in [2.05, 4.69) is 33.5 Å². The smallest absolute Gasteiger partial charge is 0.344 e. The molecular weight excluding hydrogens is 553 g/mol. The van der Waals surface area contributed by atoms with Crippen molar-refractivity contribution < 1.29 is 24.1 Å². The van der Waals surface area contributed by atoms with Gasteiger partial charge in [0.15, 0.2) is 11.5 Å². The van der Waals surface area contributed by atoms with Gasteiger partial charge in [0, 0.05) is 0 Å². The first-order chi connectivity index (χ1) is 16.0. The average molecular weight is 575 g/mol. The van der Waals surface area contributed by atoms with Gasteiger partial charge in [-0.2, -0.15) is 0 Å². The van der Waals surface area contributed by atoms with E-state index in [9.17, 15) is 9.90 Å². The third-order valence-corrected chi connectivity index (χ3v) is 6.11. The second-order valence-corrected chi connectivity index (χ2v) is 8.76. The SMILES string of the molecule is C#CCOc1c(I)cc(/C=C2\SC(=Nc3ccccc3)C(C(=O)OCC)=C2O)cc1OCC. The zero-order valence-electron chi connectivity index (χ0n) is 18.1. The second kappa shape index (κ2) is 11.8. The minimum atomic E-state index is -0.622. The van der Waals surface area contributed by atoms with Gasteiger partial charge in [0.2, 0.25) is 0 Å². The molecule has 8 heteroatoms. The molecule has 0 saturated heterocycles. The highest BCUT2D eigenvalue weighted by Crippen LogP contribution is 2.41. The number of esters is 1. The van der Waals surface area contributed by atoms with Crippen LogP contribution in [0.25, 0.3) is 6.08 Å². The minimum Gasteiger partial charge on any atom is -0.506 e. The summed E-state index contributed by atoms with van der Waals surface area (Å²) >= 11 is 3.34. The zero-order valence-corrected chi connectivity index (χ0v) is 21.1. The van der Waals surface area contributed by atoms with Crippen molar-refractivity contribution in [1.29, 1.82) is 0 Å². The summed E-state index contributed by atoms with van der Waals surface area (Å²) in [5, 5.41) is 11.3. The van der Waals surface area contributed by atoms with E-state index in [4.69, 9.17) is 20.6 Å². The molecule has 6 nitrogen and oxygen atoms in total. The molecule has 1 aliphatic heterocycles. The molecule has 1 N–H and O–H groups in total. The van der Waals surface area contributed by atoms with E-state index in [1.165, 1.54) is 11.8 Å². The average Bonchev–Trinajstić information content (AvgIpc) is 3.09. The van der Waals surface area contributed by atoms with Crippen LogP contribution >= 0.6 is 34.4 Å². The van der Waals surface area contributed by atoms with E-state index in [1.807, 2.05) is 43.3 Å². The number of thioether (sulfide) groups is 1. The van der Waals surface area contributed by atoms with Gasteiger partial charge in [0.05, 0.1) is 27.4 Å². The molecule has 1 aliphatic rings. The van der Waals surface area contributed by atoms with Crippen LogP contribution in [0.3, 0.4) is 0 Å². The van der Waals surface area contributed by atoms with Gasteiger partial charge in [0.25, 0.3) is 0 Å². The number of carbonyl (C=O) groups excluding carboxylic acids is 1. The molecule has 33 heavy (non-hydrogen) atoms. The highest BCUT2D eigenvalue weighted by atomic mass is 127. The molecule has 0 bridgehead atoms. The maximum Gasteiger partial charge on any atom is 0.344 e. The van der Waals surface area contributed by atoms with Crippen LogP contribution in [0.15, 0.2) is 63.7 Å². The van der Waals surface area contributed by atoms with Crippen molar-refractivity contribution in [2.75, 3.05) is 19.8 Å². The van der Waals surface area contributed by atoms with Crippen molar-refractivity contribution in [3.05, 3.63) is 67.8 Å². The number of para-hydroxylation sites is 1. The molecule has 0 radical (unpaired) electrons. The Balaban J connectivity index is 2.05. The number of hydrogen-bond acceptors (Lipinski definition) is 7. The van der Waals surface area contributed by atoms with E-state index < -0.39 is 5.97 Å². The van der Waals surface area contributed by atoms with Crippen LogP contribution in [0.2, 0.25) is 0 Å². The number of aliphatic imine (C=N–C) groups is 1. The molecule has 2 aromatic rings. The van der Waals surface area contributed by atoms with Crippen molar-refractivity contribution in [1.82, 2.24) is 0 Å². The van der Waals surface area contributed by atoms with Crippen LogP contribution in [0.5, 0.6) is 11.5 Å². The van der Waals surface area contributed by atoms with Gasteiger partial charge in [-0.3, -0.25) is 0 Å². The van der Waals surface area contributed by atoms with Crippen molar-refractivity contribution in [2.45, 2.75) is 13.8 Å². The summed E-state index contributed by atoms with van der Waals surface area (Å²) in [6.07, 6.45) is 7.09. The summed E-state index contributed by atoms with van der Waals surface area (Å²) in [6.45, 7) is 4.35. The number of ether oxygens (including phenoxy) is 3. The minimum absolute atomic E-state index is 0.0469. The van der Waals surface area contributed by atoms with Gasteiger partial charge >= 0.3 is 5.97 Å². The first-order valence-corrected chi connectivity index (χ1v) is 12.0. The monoisotopic (exact) mass is 575 g/mol. The summed E-state index contributed by atoms with van der Waals surface area (Å²) in [5.41, 5.74) is 1.47. The standard InChI is InChI=1S/C25H22INO5S/c1-4-12-32-23-18(26)13-16(14-19(23)30-5-2)15-20-22(28)21(25(29)31-6-3)24(33-20)27-17-10-8-7-9-11-17/h1,7-11,13-15,28H,5-6,12H2,2-3H3/b20-15-,27-24?. The molecule has 2 aromatic carbocycles. The molecule has 1 heterocycles. The lowest BCUT2D eigenvalue weighted by Crippen LogP contribution is -2.12. The van der Waals surface area contributed by atoms with Gasteiger partial charge in [-0.1, -0.05) is 35.9 Å². The highest BCUT2D eigenvalue weighted by molar-refractivity contribution is 14.1. The van der Waals surface area contributed by atoms with Crippen LogP contribution in [0.1, 0.15) is 19.4 Å². The van der Waals surface area contributed by atoms with Crippen LogP contribution in [-0.4, -0.2) is 35.9 Å². The number of halogens is 1. The second-order valence-electron chi connectivity index (χ2n) is 6.56. The number of nitrogens with zero attached hydrogens (tertiary/aromatic N) is 1. The van der Waals surface area contributed by atoms with Crippen molar-refractivity contribution in [2.24, 2.45) is 4.99 Å². The summed E-state index contributed by atoms with van der Waals surface area (Å²) < 4.78 is 17.3. The maximum atomic E-state index is 12.6. The van der Waals surface area contributed by atoms with E-state index in [0.717, 1.165) is 9.13 Å². The van der Waals surface area contributed by atoms with E-state index >= 15 is 0 Å². The fourth-order valence-electron chi connectivity index (χ4n) is 2.95. The maximum absolute atomic E-state index is 12.6. The Bertz CT molecular complexity index is 1170. The Hall–Kier alpha value is -2.90.